The maximum Gasteiger partial charge on any atom is 0.253 e. The molecule has 0 atom stereocenters. The monoisotopic (exact) mass is 284 g/mol. The van der Waals surface area contributed by atoms with Gasteiger partial charge in [0.05, 0.1) is 6.20 Å². The Kier molecular flexibility index (Phi) is 3.64. The fraction of sp³-hybridized carbons (Fsp3) is 0.375. The second-order valence-electron chi connectivity index (χ2n) is 5.59. The highest BCUT2D eigenvalue weighted by Gasteiger charge is 2.16. The van der Waals surface area contributed by atoms with Crippen molar-refractivity contribution in [2.75, 3.05) is 18.9 Å². The average molecular weight is 284 g/mol. The van der Waals surface area contributed by atoms with Crippen LogP contribution < -0.4 is 5.32 Å². The number of amides is 1. The lowest BCUT2D eigenvalue weighted by atomic mass is 10.0. The first-order valence-corrected chi connectivity index (χ1v) is 7.23. The SMILES string of the molecule is CN(Cc1cnn(C)c1)C(=O)c1ccc2c(c1)CCCN2. The van der Waals surface area contributed by atoms with Gasteiger partial charge < -0.3 is 10.2 Å². The number of benzene rings is 1. The van der Waals surface area contributed by atoms with Gasteiger partial charge in [0, 0.05) is 50.2 Å². The molecule has 1 aromatic heterocycles. The van der Waals surface area contributed by atoms with E-state index in [2.05, 4.69) is 10.4 Å². The van der Waals surface area contributed by atoms with E-state index in [1.54, 1.807) is 15.8 Å². The zero-order chi connectivity index (χ0) is 14.8. The topological polar surface area (TPSA) is 50.2 Å². The number of aromatic nitrogens is 2. The third-order valence-electron chi connectivity index (χ3n) is 3.82. The van der Waals surface area contributed by atoms with Crippen LogP contribution in [0.2, 0.25) is 0 Å². The fourth-order valence-corrected chi connectivity index (χ4v) is 2.73. The molecule has 1 amide bonds. The molecule has 0 saturated heterocycles. The number of carbonyl (C=O) groups excluding carboxylic acids is 1. The van der Waals surface area contributed by atoms with Gasteiger partial charge in [-0.2, -0.15) is 5.10 Å². The molecule has 5 heteroatoms. The minimum Gasteiger partial charge on any atom is -0.385 e. The van der Waals surface area contributed by atoms with Crippen molar-refractivity contribution in [2.24, 2.45) is 7.05 Å². The number of hydrogen-bond acceptors (Lipinski definition) is 3. The molecule has 0 bridgehead atoms. The van der Waals surface area contributed by atoms with Gasteiger partial charge in [-0.1, -0.05) is 0 Å². The number of fused-ring (bicyclic) bond motifs is 1. The average Bonchev–Trinajstić information content (AvgIpc) is 2.91. The summed E-state index contributed by atoms with van der Waals surface area (Å²) in [7, 11) is 3.70. The number of rotatable bonds is 3. The lowest BCUT2D eigenvalue weighted by Gasteiger charge is -2.20. The van der Waals surface area contributed by atoms with E-state index >= 15 is 0 Å². The van der Waals surface area contributed by atoms with Crippen molar-refractivity contribution >= 4 is 11.6 Å². The summed E-state index contributed by atoms with van der Waals surface area (Å²) in [6.45, 7) is 1.59. The maximum atomic E-state index is 12.5. The van der Waals surface area contributed by atoms with Gasteiger partial charge >= 0.3 is 0 Å². The van der Waals surface area contributed by atoms with Crippen LogP contribution in [-0.4, -0.2) is 34.2 Å². The van der Waals surface area contributed by atoms with Crippen molar-refractivity contribution in [1.29, 1.82) is 0 Å². The Bertz CT molecular complexity index is 662. The Balaban J connectivity index is 1.75. The lowest BCUT2D eigenvalue weighted by Crippen LogP contribution is -2.26. The van der Waals surface area contributed by atoms with Gasteiger partial charge in [0.2, 0.25) is 0 Å². The summed E-state index contributed by atoms with van der Waals surface area (Å²) < 4.78 is 1.75. The summed E-state index contributed by atoms with van der Waals surface area (Å²) in [6, 6.07) is 5.93. The lowest BCUT2D eigenvalue weighted by molar-refractivity contribution is 0.0785. The van der Waals surface area contributed by atoms with Gasteiger partial charge in [-0.05, 0) is 36.6 Å². The van der Waals surface area contributed by atoms with Crippen molar-refractivity contribution in [2.45, 2.75) is 19.4 Å². The molecule has 0 spiro atoms. The predicted molar refractivity (Wildman–Crippen MR) is 82.3 cm³/mol. The normalized spacial score (nSPS) is 13.4. The number of carbonyl (C=O) groups is 1. The molecule has 1 aliphatic rings. The maximum absolute atomic E-state index is 12.5. The van der Waals surface area contributed by atoms with E-state index in [1.807, 2.05) is 38.5 Å². The Labute approximate surface area is 124 Å². The van der Waals surface area contributed by atoms with E-state index in [9.17, 15) is 4.79 Å². The summed E-state index contributed by atoms with van der Waals surface area (Å²) in [6.07, 6.45) is 5.88. The Morgan fingerprint density at radius 2 is 2.33 bits per heavy atom. The smallest absolute Gasteiger partial charge is 0.253 e. The van der Waals surface area contributed by atoms with Crippen LogP contribution in [0, 0.1) is 0 Å². The number of nitrogens with one attached hydrogen (secondary N) is 1. The van der Waals surface area contributed by atoms with Crippen molar-refractivity contribution in [3.05, 3.63) is 47.3 Å². The van der Waals surface area contributed by atoms with E-state index < -0.39 is 0 Å². The number of aryl methyl sites for hydroxylation is 2. The third kappa shape index (κ3) is 2.91. The van der Waals surface area contributed by atoms with Gasteiger partial charge in [0.15, 0.2) is 0 Å². The summed E-state index contributed by atoms with van der Waals surface area (Å²) in [5.41, 5.74) is 4.19. The molecule has 1 aromatic carbocycles. The van der Waals surface area contributed by atoms with Crippen LogP contribution in [0.1, 0.15) is 27.9 Å². The van der Waals surface area contributed by atoms with E-state index in [1.165, 1.54) is 5.56 Å². The molecule has 0 radical (unpaired) electrons. The first kappa shape index (κ1) is 13.7. The molecule has 0 aliphatic carbocycles. The fourth-order valence-electron chi connectivity index (χ4n) is 2.73. The molecule has 3 rings (SSSR count). The highest BCUT2D eigenvalue weighted by atomic mass is 16.2. The predicted octanol–water partition coefficient (Wildman–Crippen LogP) is 2.05. The first-order valence-electron chi connectivity index (χ1n) is 7.23. The minimum atomic E-state index is 0.0484. The van der Waals surface area contributed by atoms with Crippen molar-refractivity contribution in [3.8, 4) is 0 Å². The summed E-state index contributed by atoms with van der Waals surface area (Å²) >= 11 is 0. The molecule has 1 N–H and O–H groups in total. The molecule has 110 valence electrons. The van der Waals surface area contributed by atoms with Crippen LogP contribution in [0.5, 0.6) is 0 Å². The van der Waals surface area contributed by atoms with Crippen LogP contribution in [-0.2, 0) is 20.0 Å². The van der Waals surface area contributed by atoms with Crippen LogP contribution in [0.25, 0.3) is 0 Å². The zero-order valence-corrected chi connectivity index (χ0v) is 12.5. The Morgan fingerprint density at radius 3 is 3.10 bits per heavy atom. The van der Waals surface area contributed by atoms with Crippen LogP contribution in [0.3, 0.4) is 0 Å². The van der Waals surface area contributed by atoms with Gasteiger partial charge in [0.1, 0.15) is 0 Å². The van der Waals surface area contributed by atoms with Gasteiger partial charge in [0.25, 0.3) is 5.91 Å². The summed E-state index contributed by atoms with van der Waals surface area (Å²) in [4.78, 5) is 14.3. The first-order chi connectivity index (χ1) is 10.1. The molecular formula is C16H20N4O. The number of nitrogens with zero attached hydrogens (tertiary/aromatic N) is 3. The van der Waals surface area contributed by atoms with E-state index in [4.69, 9.17) is 0 Å². The molecule has 0 saturated carbocycles. The van der Waals surface area contributed by atoms with Gasteiger partial charge in [-0.25, -0.2) is 0 Å². The van der Waals surface area contributed by atoms with Crippen molar-refractivity contribution in [1.82, 2.24) is 14.7 Å². The minimum absolute atomic E-state index is 0.0484. The molecule has 1 aliphatic heterocycles. The summed E-state index contributed by atoms with van der Waals surface area (Å²) in [5.74, 6) is 0.0484. The van der Waals surface area contributed by atoms with E-state index in [0.29, 0.717) is 6.54 Å². The van der Waals surface area contributed by atoms with Crippen molar-refractivity contribution in [3.63, 3.8) is 0 Å². The molecule has 5 nitrogen and oxygen atoms in total. The summed E-state index contributed by atoms with van der Waals surface area (Å²) in [5, 5.41) is 7.49. The largest absolute Gasteiger partial charge is 0.385 e. The second kappa shape index (κ2) is 5.60. The van der Waals surface area contributed by atoms with E-state index in [-0.39, 0.29) is 5.91 Å². The number of hydrogen-bond donors (Lipinski definition) is 1. The molecule has 21 heavy (non-hydrogen) atoms. The molecule has 2 heterocycles. The quantitative estimate of drug-likeness (QED) is 0.938. The standard InChI is InChI=1S/C16H20N4O/c1-19(10-12-9-18-20(2)11-12)16(21)14-5-6-15-13(8-14)4-3-7-17-15/h5-6,8-9,11,17H,3-4,7,10H2,1-2H3. The van der Waals surface area contributed by atoms with Crippen LogP contribution in [0.4, 0.5) is 5.69 Å². The second-order valence-corrected chi connectivity index (χ2v) is 5.59. The highest BCUT2D eigenvalue weighted by Crippen LogP contribution is 2.23. The molecule has 2 aromatic rings. The van der Waals surface area contributed by atoms with Gasteiger partial charge in [-0.15, -0.1) is 0 Å². The van der Waals surface area contributed by atoms with Crippen LogP contribution in [0.15, 0.2) is 30.6 Å². The molecular weight excluding hydrogens is 264 g/mol. The Hall–Kier alpha value is -2.30. The Morgan fingerprint density at radius 1 is 1.48 bits per heavy atom. The van der Waals surface area contributed by atoms with Crippen molar-refractivity contribution < 1.29 is 4.79 Å². The zero-order valence-electron chi connectivity index (χ0n) is 12.5. The van der Waals surface area contributed by atoms with Gasteiger partial charge in [-0.3, -0.25) is 9.48 Å². The van der Waals surface area contributed by atoms with E-state index in [0.717, 1.165) is 36.2 Å². The third-order valence-corrected chi connectivity index (χ3v) is 3.82. The highest BCUT2D eigenvalue weighted by molar-refractivity contribution is 5.94. The van der Waals surface area contributed by atoms with Crippen LogP contribution >= 0.6 is 0 Å². The molecule has 0 unspecified atom stereocenters. The molecule has 0 fully saturated rings. The number of anilines is 1.